The molecule has 0 radical (unpaired) electrons. The highest BCUT2D eigenvalue weighted by molar-refractivity contribution is 5.91. The molecule has 3 rings (SSSR count). The largest absolute Gasteiger partial charge is 0.395 e. The molecule has 6 nitrogen and oxygen atoms in total. The Morgan fingerprint density at radius 2 is 1.77 bits per heavy atom. The van der Waals surface area contributed by atoms with Crippen molar-refractivity contribution >= 4 is 17.3 Å². The third kappa shape index (κ3) is 7.06. The number of hydrogen-bond acceptors (Lipinski definition) is 5. The molecule has 1 fully saturated rings. The molecule has 1 aliphatic rings. The molecule has 0 aliphatic carbocycles. The van der Waals surface area contributed by atoms with Crippen LogP contribution < -0.4 is 10.2 Å². The maximum Gasteiger partial charge on any atom is 0.225 e. The van der Waals surface area contributed by atoms with Crippen molar-refractivity contribution in [1.82, 2.24) is 4.90 Å². The van der Waals surface area contributed by atoms with Crippen LogP contribution in [0.4, 0.5) is 11.4 Å². The summed E-state index contributed by atoms with van der Waals surface area (Å²) in [6.45, 7) is 8.89. The standard InChI is InChI=1S/C25H35N3O3/c1-20(2)24(19-29)28(18-21-6-4-3-5-7-21)13-12-25(30)26-22-8-10-23(11-9-22)27-14-16-31-17-15-27/h3-11,20,24,29H,12-19H2,1-2H3,(H,26,30). The van der Waals surface area contributed by atoms with Gasteiger partial charge in [-0.25, -0.2) is 0 Å². The van der Waals surface area contributed by atoms with Crippen molar-refractivity contribution in [3.63, 3.8) is 0 Å². The molecule has 1 amide bonds. The fourth-order valence-corrected chi connectivity index (χ4v) is 3.97. The first kappa shape index (κ1) is 23.3. The van der Waals surface area contributed by atoms with Crippen molar-refractivity contribution in [3.8, 4) is 0 Å². The molecule has 2 aromatic rings. The maximum absolute atomic E-state index is 12.6. The van der Waals surface area contributed by atoms with E-state index in [0.717, 1.165) is 37.7 Å². The molecule has 168 valence electrons. The summed E-state index contributed by atoms with van der Waals surface area (Å²) in [7, 11) is 0. The number of aliphatic hydroxyl groups is 1. The van der Waals surface area contributed by atoms with Crippen LogP contribution in [0.15, 0.2) is 54.6 Å². The summed E-state index contributed by atoms with van der Waals surface area (Å²) in [5, 5.41) is 12.9. The Morgan fingerprint density at radius 3 is 2.39 bits per heavy atom. The third-order valence-corrected chi connectivity index (χ3v) is 5.81. The van der Waals surface area contributed by atoms with Gasteiger partial charge < -0.3 is 20.1 Å². The third-order valence-electron chi connectivity index (χ3n) is 5.81. The molecule has 1 unspecified atom stereocenters. The zero-order valence-corrected chi connectivity index (χ0v) is 18.7. The monoisotopic (exact) mass is 425 g/mol. The van der Waals surface area contributed by atoms with E-state index in [1.807, 2.05) is 42.5 Å². The number of carbonyl (C=O) groups excluding carboxylic acids is 1. The van der Waals surface area contributed by atoms with Gasteiger partial charge in [0.15, 0.2) is 0 Å². The minimum absolute atomic E-state index is 0.0146. The van der Waals surface area contributed by atoms with Crippen LogP contribution in [0.2, 0.25) is 0 Å². The summed E-state index contributed by atoms with van der Waals surface area (Å²) in [5.74, 6) is 0.280. The number of carbonyl (C=O) groups is 1. The van der Waals surface area contributed by atoms with Crippen LogP contribution in [0.1, 0.15) is 25.8 Å². The van der Waals surface area contributed by atoms with E-state index in [1.54, 1.807) is 0 Å². The number of nitrogens with one attached hydrogen (secondary N) is 1. The average molecular weight is 426 g/mol. The Hall–Kier alpha value is -2.41. The molecule has 2 aromatic carbocycles. The van der Waals surface area contributed by atoms with Gasteiger partial charge in [-0.15, -0.1) is 0 Å². The second-order valence-corrected chi connectivity index (χ2v) is 8.39. The van der Waals surface area contributed by atoms with Gasteiger partial charge in [0.05, 0.1) is 19.8 Å². The molecule has 1 saturated heterocycles. The summed E-state index contributed by atoms with van der Waals surface area (Å²) in [5.41, 5.74) is 3.14. The molecule has 1 aliphatic heterocycles. The minimum atomic E-state index is -0.0161. The average Bonchev–Trinajstić information content (AvgIpc) is 2.79. The SMILES string of the molecule is CC(C)C(CO)N(CCC(=O)Nc1ccc(N2CCOCC2)cc1)Cc1ccccc1. The highest BCUT2D eigenvalue weighted by Crippen LogP contribution is 2.20. The molecule has 0 bridgehead atoms. The number of amides is 1. The van der Waals surface area contributed by atoms with E-state index >= 15 is 0 Å². The van der Waals surface area contributed by atoms with E-state index in [9.17, 15) is 9.90 Å². The first-order valence-electron chi connectivity index (χ1n) is 11.2. The van der Waals surface area contributed by atoms with Gasteiger partial charge in [0.1, 0.15) is 0 Å². The first-order chi connectivity index (χ1) is 15.1. The number of nitrogens with zero attached hydrogens (tertiary/aromatic N) is 2. The fourth-order valence-electron chi connectivity index (χ4n) is 3.97. The van der Waals surface area contributed by atoms with Crippen molar-refractivity contribution in [2.75, 3.05) is 49.7 Å². The number of morpholine rings is 1. The molecular formula is C25H35N3O3. The Labute approximate surface area is 185 Å². The normalized spacial score (nSPS) is 15.3. The Morgan fingerprint density at radius 1 is 1.10 bits per heavy atom. The van der Waals surface area contributed by atoms with Gasteiger partial charge in [-0.05, 0) is 35.7 Å². The lowest BCUT2D eigenvalue weighted by molar-refractivity contribution is -0.116. The fraction of sp³-hybridized carbons (Fsp3) is 0.480. The Balaban J connectivity index is 1.55. The van der Waals surface area contributed by atoms with Crippen LogP contribution in [-0.4, -0.2) is 61.4 Å². The number of anilines is 2. The highest BCUT2D eigenvalue weighted by Gasteiger charge is 2.22. The van der Waals surface area contributed by atoms with Crippen LogP contribution in [0.25, 0.3) is 0 Å². The second kappa shape index (κ2) is 11.8. The topological polar surface area (TPSA) is 65.0 Å². The number of rotatable bonds is 10. The summed E-state index contributed by atoms with van der Waals surface area (Å²) in [6.07, 6.45) is 0.376. The van der Waals surface area contributed by atoms with Crippen LogP contribution in [0.3, 0.4) is 0 Å². The molecule has 31 heavy (non-hydrogen) atoms. The number of hydrogen-bond donors (Lipinski definition) is 2. The van der Waals surface area contributed by atoms with Gasteiger partial charge >= 0.3 is 0 Å². The van der Waals surface area contributed by atoms with Gasteiger partial charge in [-0.2, -0.15) is 0 Å². The summed E-state index contributed by atoms with van der Waals surface area (Å²) in [6, 6.07) is 18.2. The lowest BCUT2D eigenvalue weighted by Crippen LogP contribution is -2.42. The Bertz CT molecular complexity index is 789. The summed E-state index contributed by atoms with van der Waals surface area (Å²) in [4.78, 5) is 17.1. The quantitative estimate of drug-likeness (QED) is 0.611. The lowest BCUT2D eigenvalue weighted by atomic mass is 10.0. The number of aliphatic hydroxyl groups excluding tert-OH is 1. The van der Waals surface area contributed by atoms with Crippen molar-refractivity contribution in [3.05, 3.63) is 60.2 Å². The second-order valence-electron chi connectivity index (χ2n) is 8.39. The van der Waals surface area contributed by atoms with Gasteiger partial charge in [-0.3, -0.25) is 9.69 Å². The van der Waals surface area contributed by atoms with Gasteiger partial charge in [0.25, 0.3) is 0 Å². The van der Waals surface area contributed by atoms with E-state index in [0.29, 0.717) is 25.4 Å². The van der Waals surface area contributed by atoms with E-state index in [1.165, 1.54) is 5.56 Å². The van der Waals surface area contributed by atoms with Gasteiger partial charge in [-0.1, -0.05) is 44.2 Å². The number of benzene rings is 2. The molecule has 1 heterocycles. The van der Waals surface area contributed by atoms with Gasteiger partial charge in [0.2, 0.25) is 5.91 Å². The van der Waals surface area contributed by atoms with Crippen LogP contribution in [-0.2, 0) is 16.1 Å². The van der Waals surface area contributed by atoms with E-state index in [2.05, 4.69) is 41.1 Å². The lowest BCUT2D eigenvalue weighted by Gasteiger charge is -2.33. The Kier molecular flexibility index (Phi) is 8.88. The summed E-state index contributed by atoms with van der Waals surface area (Å²) < 4.78 is 5.40. The molecule has 1 atom stereocenters. The number of ether oxygens (including phenoxy) is 1. The minimum Gasteiger partial charge on any atom is -0.395 e. The van der Waals surface area contributed by atoms with E-state index in [-0.39, 0.29) is 18.6 Å². The van der Waals surface area contributed by atoms with Crippen molar-refractivity contribution < 1.29 is 14.6 Å². The highest BCUT2D eigenvalue weighted by atomic mass is 16.5. The molecule has 0 spiro atoms. The molecular weight excluding hydrogens is 390 g/mol. The predicted octanol–water partition coefficient (Wildman–Crippen LogP) is 3.37. The van der Waals surface area contributed by atoms with Crippen molar-refractivity contribution in [2.24, 2.45) is 5.92 Å². The van der Waals surface area contributed by atoms with Crippen molar-refractivity contribution in [2.45, 2.75) is 32.9 Å². The molecule has 0 aromatic heterocycles. The van der Waals surface area contributed by atoms with Crippen LogP contribution in [0, 0.1) is 5.92 Å². The molecule has 0 saturated carbocycles. The first-order valence-corrected chi connectivity index (χ1v) is 11.2. The van der Waals surface area contributed by atoms with E-state index < -0.39 is 0 Å². The van der Waals surface area contributed by atoms with E-state index in [4.69, 9.17) is 4.74 Å². The zero-order valence-electron chi connectivity index (χ0n) is 18.7. The van der Waals surface area contributed by atoms with Crippen LogP contribution >= 0.6 is 0 Å². The maximum atomic E-state index is 12.6. The zero-order chi connectivity index (χ0) is 22.1. The van der Waals surface area contributed by atoms with Crippen molar-refractivity contribution in [1.29, 1.82) is 0 Å². The smallest absolute Gasteiger partial charge is 0.225 e. The summed E-state index contributed by atoms with van der Waals surface area (Å²) >= 11 is 0. The predicted molar refractivity (Wildman–Crippen MR) is 125 cm³/mol. The van der Waals surface area contributed by atoms with Crippen LogP contribution in [0.5, 0.6) is 0 Å². The molecule has 2 N–H and O–H groups in total. The van der Waals surface area contributed by atoms with Gasteiger partial charge in [0, 0.05) is 50.0 Å². The molecule has 6 heteroatoms.